The van der Waals surface area contributed by atoms with Crippen molar-refractivity contribution >= 4 is 0 Å². The first kappa shape index (κ1) is 41.2. The first-order valence-electron chi connectivity index (χ1n) is 20.8. The van der Waals surface area contributed by atoms with Crippen LogP contribution in [0.1, 0.15) is 257 Å². The van der Waals surface area contributed by atoms with Gasteiger partial charge in [-0.1, -0.05) is 207 Å². The second-order valence-corrected chi connectivity index (χ2v) is 14.7. The summed E-state index contributed by atoms with van der Waals surface area (Å²) >= 11 is 0. The Labute approximate surface area is 278 Å². The summed E-state index contributed by atoms with van der Waals surface area (Å²) in [6.45, 7) is 9.38. The Balaban J connectivity index is 2.24. The van der Waals surface area contributed by atoms with E-state index < -0.39 is 0 Å². The monoisotopic (exact) mass is 616 g/mol. The molecule has 0 radical (unpaired) electrons. The van der Waals surface area contributed by atoms with Gasteiger partial charge in [0.1, 0.15) is 12.4 Å². The fraction of sp³-hybridized carbons (Fsp3) is 0.929. The van der Waals surface area contributed by atoms with Crippen LogP contribution in [-0.4, -0.2) is 4.98 Å². The van der Waals surface area contributed by atoms with Crippen molar-refractivity contribution in [3.8, 4) is 0 Å². The lowest BCUT2D eigenvalue weighted by atomic mass is 9.92. The van der Waals surface area contributed by atoms with Crippen molar-refractivity contribution in [2.75, 3.05) is 0 Å². The second kappa shape index (κ2) is 32.2. The van der Waals surface area contributed by atoms with Crippen LogP contribution in [-0.2, 0) is 0 Å². The molecule has 0 saturated heterocycles. The van der Waals surface area contributed by atoms with Gasteiger partial charge in [0.25, 0.3) is 5.82 Å². The van der Waals surface area contributed by atoms with E-state index in [-0.39, 0.29) is 0 Å². The van der Waals surface area contributed by atoms with Crippen LogP contribution in [0.3, 0.4) is 0 Å². The lowest BCUT2D eigenvalue weighted by Gasteiger charge is -2.17. The molecule has 0 saturated carbocycles. The molecule has 0 fully saturated rings. The maximum Gasteiger partial charge on any atom is 0.257 e. The molecule has 2 unspecified atom stereocenters. The average Bonchev–Trinajstić information content (AvgIpc) is 3.53. The zero-order valence-corrected chi connectivity index (χ0v) is 31.1. The highest BCUT2D eigenvalue weighted by Crippen LogP contribution is 2.27. The molecular formula is C42H83N2+. The normalized spacial score (nSPS) is 13.1. The molecule has 1 aromatic rings. The predicted molar refractivity (Wildman–Crippen MR) is 198 cm³/mol. The van der Waals surface area contributed by atoms with Gasteiger partial charge in [0.2, 0.25) is 0 Å². The van der Waals surface area contributed by atoms with E-state index in [2.05, 4.69) is 49.6 Å². The molecule has 0 aliphatic heterocycles. The maximum atomic E-state index is 3.72. The molecule has 1 N–H and O–H groups in total. The zero-order chi connectivity index (χ0) is 31.8. The summed E-state index contributed by atoms with van der Waals surface area (Å²) in [4.78, 5) is 3.72. The van der Waals surface area contributed by atoms with E-state index in [1.165, 1.54) is 218 Å². The lowest BCUT2D eigenvalue weighted by Crippen LogP contribution is -2.41. The topological polar surface area (TPSA) is 19.7 Å². The third kappa shape index (κ3) is 23.5. The van der Waals surface area contributed by atoms with Crippen LogP contribution in [0, 0.1) is 0 Å². The number of rotatable bonds is 35. The molecule has 2 atom stereocenters. The van der Waals surface area contributed by atoms with Crippen molar-refractivity contribution in [1.82, 2.24) is 4.98 Å². The average molecular weight is 616 g/mol. The Morgan fingerprint density at radius 3 is 1.09 bits per heavy atom. The quantitative estimate of drug-likeness (QED) is 0.0579. The van der Waals surface area contributed by atoms with Crippen LogP contribution < -0.4 is 4.57 Å². The third-order valence-corrected chi connectivity index (χ3v) is 10.4. The van der Waals surface area contributed by atoms with Crippen LogP contribution in [0.4, 0.5) is 0 Å². The smallest absolute Gasteiger partial charge is 0.247 e. The summed E-state index contributed by atoms with van der Waals surface area (Å²) in [5.74, 6) is 2.24. The number of nitrogens with one attached hydrogen (secondary N) is 1. The standard InChI is InChI=1S/C42H82N2/c1-5-8-11-13-15-17-19-21-22-23-24-26-28-30-32-34-37-41(42-43-38-39-44(42)40(4)35-10-7-3)36-33-31-29-27-25-20-18-16-14-12-9-6-2/h38-41H,5-37H2,1-4H3/p+1. The van der Waals surface area contributed by atoms with Crippen LogP contribution in [0.25, 0.3) is 0 Å². The highest BCUT2D eigenvalue weighted by atomic mass is 15.1. The van der Waals surface area contributed by atoms with Crippen molar-refractivity contribution in [2.24, 2.45) is 0 Å². The van der Waals surface area contributed by atoms with E-state index in [1.807, 2.05) is 0 Å². The molecule has 0 bridgehead atoms. The number of hydrogen-bond donors (Lipinski definition) is 1. The number of H-pyrrole nitrogens is 1. The lowest BCUT2D eigenvalue weighted by molar-refractivity contribution is -0.727. The number of aromatic nitrogens is 2. The van der Waals surface area contributed by atoms with Crippen LogP contribution in [0.2, 0.25) is 0 Å². The molecule has 1 rings (SSSR count). The number of unbranched alkanes of at least 4 members (excludes halogenated alkanes) is 27. The van der Waals surface area contributed by atoms with Gasteiger partial charge < -0.3 is 0 Å². The van der Waals surface area contributed by atoms with Gasteiger partial charge in [-0.05, 0) is 32.6 Å². The number of aromatic amines is 1. The molecule has 0 spiro atoms. The molecule has 0 aliphatic rings. The summed E-state index contributed by atoms with van der Waals surface area (Å²) in [5, 5.41) is 0. The molecule has 2 nitrogen and oxygen atoms in total. The van der Waals surface area contributed by atoms with Crippen molar-refractivity contribution in [3.05, 3.63) is 18.2 Å². The first-order valence-corrected chi connectivity index (χ1v) is 20.8. The van der Waals surface area contributed by atoms with Gasteiger partial charge in [0.15, 0.2) is 0 Å². The van der Waals surface area contributed by atoms with E-state index >= 15 is 0 Å². The third-order valence-electron chi connectivity index (χ3n) is 10.4. The molecule has 0 amide bonds. The molecule has 0 aromatic carbocycles. The van der Waals surface area contributed by atoms with Crippen LogP contribution >= 0.6 is 0 Å². The summed E-state index contributed by atoms with van der Waals surface area (Å²) < 4.78 is 2.60. The first-order chi connectivity index (χ1) is 21.7. The van der Waals surface area contributed by atoms with Gasteiger partial charge in [0.05, 0.1) is 12.0 Å². The van der Waals surface area contributed by atoms with E-state index in [4.69, 9.17) is 0 Å². The molecule has 2 heteroatoms. The van der Waals surface area contributed by atoms with Gasteiger partial charge in [-0.3, -0.25) is 0 Å². The summed E-state index contributed by atoms with van der Waals surface area (Å²) in [5.41, 5.74) is 0. The van der Waals surface area contributed by atoms with Crippen molar-refractivity contribution < 1.29 is 4.57 Å². The van der Waals surface area contributed by atoms with Gasteiger partial charge in [0, 0.05) is 0 Å². The largest absolute Gasteiger partial charge is 0.257 e. The molecule has 44 heavy (non-hydrogen) atoms. The van der Waals surface area contributed by atoms with Crippen LogP contribution in [0.15, 0.2) is 12.4 Å². The second-order valence-electron chi connectivity index (χ2n) is 14.7. The minimum absolute atomic E-state index is 0.617. The van der Waals surface area contributed by atoms with Crippen LogP contribution in [0.5, 0.6) is 0 Å². The Morgan fingerprint density at radius 1 is 0.432 bits per heavy atom. The minimum atomic E-state index is 0.617. The Morgan fingerprint density at radius 2 is 0.750 bits per heavy atom. The van der Waals surface area contributed by atoms with Gasteiger partial charge in [-0.15, -0.1) is 0 Å². The summed E-state index contributed by atoms with van der Waals surface area (Å²) in [6.07, 6.45) is 51.8. The van der Waals surface area contributed by atoms with Gasteiger partial charge >= 0.3 is 0 Å². The predicted octanol–water partition coefficient (Wildman–Crippen LogP) is 14.9. The summed E-state index contributed by atoms with van der Waals surface area (Å²) in [6, 6.07) is 0.617. The fourth-order valence-corrected chi connectivity index (χ4v) is 7.30. The molecular weight excluding hydrogens is 532 g/mol. The molecule has 260 valence electrons. The Hall–Kier alpha value is -0.790. The Kier molecular flexibility index (Phi) is 30.1. The highest BCUT2D eigenvalue weighted by Gasteiger charge is 2.25. The number of imidazole rings is 1. The number of hydrogen-bond acceptors (Lipinski definition) is 0. The summed E-state index contributed by atoms with van der Waals surface area (Å²) in [7, 11) is 0. The van der Waals surface area contributed by atoms with E-state index in [0.717, 1.165) is 0 Å². The highest BCUT2D eigenvalue weighted by molar-refractivity contribution is 4.90. The van der Waals surface area contributed by atoms with E-state index in [1.54, 1.807) is 0 Å². The van der Waals surface area contributed by atoms with E-state index in [9.17, 15) is 0 Å². The van der Waals surface area contributed by atoms with Gasteiger partial charge in [-0.25, -0.2) is 9.55 Å². The SMILES string of the molecule is CCCCCCCCCCCCCCCCCCC(CCCCCCCCCCCCCC)c1[nH]cc[n+]1C(C)CCCC. The molecule has 1 heterocycles. The van der Waals surface area contributed by atoms with Crippen molar-refractivity contribution in [3.63, 3.8) is 0 Å². The van der Waals surface area contributed by atoms with Crippen molar-refractivity contribution in [1.29, 1.82) is 0 Å². The van der Waals surface area contributed by atoms with Crippen molar-refractivity contribution in [2.45, 2.75) is 252 Å². The van der Waals surface area contributed by atoms with Gasteiger partial charge in [-0.2, -0.15) is 0 Å². The fourth-order valence-electron chi connectivity index (χ4n) is 7.30. The minimum Gasteiger partial charge on any atom is -0.247 e. The maximum absolute atomic E-state index is 3.72. The molecule has 0 aliphatic carbocycles. The van der Waals surface area contributed by atoms with E-state index in [0.29, 0.717) is 12.0 Å². The number of nitrogens with zero attached hydrogens (tertiary/aromatic N) is 1. The zero-order valence-electron chi connectivity index (χ0n) is 31.1. The Bertz CT molecular complexity index is 679. The molecule has 1 aromatic heterocycles.